The summed E-state index contributed by atoms with van der Waals surface area (Å²) in [6.07, 6.45) is 1.83. The van der Waals surface area contributed by atoms with E-state index in [0.717, 1.165) is 30.9 Å². The Morgan fingerprint density at radius 1 is 1.11 bits per heavy atom. The highest BCUT2D eigenvalue weighted by atomic mass is 32.2. The molecule has 1 aromatic carbocycles. The van der Waals surface area contributed by atoms with Gasteiger partial charge in [0, 0.05) is 13.1 Å². The zero-order chi connectivity index (χ0) is 13.9. The second kappa shape index (κ2) is 6.29. The van der Waals surface area contributed by atoms with Crippen LogP contribution in [0.2, 0.25) is 0 Å². The molecule has 3 heteroatoms. The third-order valence-corrected chi connectivity index (χ3v) is 5.13. The number of hydrogen-bond acceptors (Lipinski definition) is 3. The molecule has 2 rings (SSSR count). The largest absolute Gasteiger partial charge is 0.389 e. The molecule has 1 heterocycles. The van der Waals surface area contributed by atoms with Gasteiger partial charge in [-0.3, -0.25) is 0 Å². The second-order valence-electron chi connectivity index (χ2n) is 5.80. The normalized spacial score (nSPS) is 18.5. The van der Waals surface area contributed by atoms with E-state index in [1.807, 2.05) is 11.8 Å². The minimum absolute atomic E-state index is 0.487. The molecule has 1 fully saturated rings. The number of benzene rings is 1. The first kappa shape index (κ1) is 14.9. The Hall–Kier alpha value is -0.510. The van der Waals surface area contributed by atoms with Crippen molar-refractivity contribution in [3.8, 4) is 0 Å². The number of hydrogen-bond donors (Lipinski definition) is 2. The van der Waals surface area contributed by atoms with Gasteiger partial charge >= 0.3 is 0 Å². The molecule has 1 aliphatic heterocycles. The zero-order valence-corrected chi connectivity index (χ0v) is 13.1. The van der Waals surface area contributed by atoms with Crippen LogP contribution in [0.1, 0.15) is 35.1 Å². The second-order valence-corrected chi connectivity index (χ2v) is 7.03. The fourth-order valence-corrected chi connectivity index (χ4v) is 3.82. The van der Waals surface area contributed by atoms with E-state index >= 15 is 0 Å². The van der Waals surface area contributed by atoms with Crippen LogP contribution in [-0.4, -0.2) is 28.8 Å². The lowest BCUT2D eigenvalue weighted by atomic mass is 9.96. The molecule has 1 aliphatic rings. The molecule has 0 radical (unpaired) electrons. The van der Waals surface area contributed by atoms with Crippen molar-refractivity contribution in [3.05, 3.63) is 34.4 Å². The highest BCUT2D eigenvalue weighted by molar-refractivity contribution is 7.99. The quantitative estimate of drug-likeness (QED) is 0.889. The summed E-state index contributed by atoms with van der Waals surface area (Å²) in [5.41, 5.74) is 4.89. The van der Waals surface area contributed by atoms with E-state index < -0.39 is 5.60 Å². The molecule has 1 saturated heterocycles. The van der Waals surface area contributed by atoms with E-state index in [1.165, 1.54) is 22.3 Å². The van der Waals surface area contributed by atoms with Crippen molar-refractivity contribution in [1.29, 1.82) is 0 Å². The maximum atomic E-state index is 10.4. The van der Waals surface area contributed by atoms with Crippen LogP contribution in [0.5, 0.6) is 0 Å². The van der Waals surface area contributed by atoms with Gasteiger partial charge < -0.3 is 10.4 Å². The Kier molecular flexibility index (Phi) is 4.93. The zero-order valence-electron chi connectivity index (χ0n) is 12.3. The Balaban J connectivity index is 1.90. The molecule has 0 aromatic heterocycles. The van der Waals surface area contributed by atoms with Crippen molar-refractivity contribution < 1.29 is 5.11 Å². The molecule has 0 saturated carbocycles. The van der Waals surface area contributed by atoms with Gasteiger partial charge in [-0.2, -0.15) is 11.8 Å². The van der Waals surface area contributed by atoms with Crippen LogP contribution in [0.25, 0.3) is 0 Å². The fourth-order valence-electron chi connectivity index (χ4n) is 2.57. The molecule has 106 valence electrons. The number of nitrogens with one attached hydrogen (secondary N) is 1. The third-order valence-electron chi connectivity index (χ3n) is 4.15. The average Bonchev–Trinajstić information content (AvgIpc) is 2.36. The topological polar surface area (TPSA) is 32.3 Å². The van der Waals surface area contributed by atoms with Crippen molar-refractivity contribution in [2.24, 2.45) is 0 Å². The molecule has 2 N–H and O–H groups in total. The van der Waals surface area contributed by atoms with E-state index in [0.29, 0.717) is 6.54 Å². The maximum absolute atomic E-state index is 10.4. The lowest BCUT2D eigenvalue weighted by Crippen LogP contribution is -2.43. The summed E-state index contributed by atoms with van der Waals surface area (Å²) in [7, 11) is 0. The molecule has 0 aliphatic carbocycles. The minimum atomic E-state index is -0.487. The van der Waals surface area contributed by atoms with Crippen LogP contribution in [0, 0.1) is 20.8 Å². The van der Waals surface area contributed by atoms with Crippen molar-refractivity contribution in [1.82, 2.24) is 5.32 Å². The van der Waals surface area contributed by atoms with Gasteiger partial charge in [0.1, 0.15) is 0 Å². The van der Waals surface area contributed by atoms with Crippen LogP contribution in [-0.2, 0) is 6.54 Å². The van der Waals surface area contributed by atoms with E-state index in [4.69, 9.17) is 0 Å². The predicted molar refractivity (Wildman–Crippen MR) is 83.9 cm³/mol. The lowest BCUT2D eigenvalue weighted by molar-refractivity contribution is 0.0320. The van der Waals surface area contributed by atoms with Gasteiger partial charge in [-0.25, -0.2) is 0 Å². The van der Waals surface area contributed by atoms with Gasteiger partial charge in [-0.15, -0.1) is 0 Å². The van der Waals surface area contributed by atoms with E-state index in [2.05, 4.69) is 38.2 Å². The smallest absolute Gasteiger partial charge is 0.0787 e. The first-order valence-electron chi connectivity index (χ1n) is 7.08. The van der Waals surface area contributed by atoms with E-state index in [-0.39, 0.29) is 0 Å². The third kappa shape index (κ3) is 3.98. The van der Waals surface area contributed by atoms with Crippen molar-refractivity contribution in [2.75, 3.05) is 18.1 Å². The summed E-state index contributed by atoms with van der Waals surface area (Å²) in [4.78, 5) is 0. The Labute approximate surface area is 121 Å². The molecule has 0 amide bonds. The molecular formula is C16H25NOS. The van der Waals surface area contributed by atoms with Crippen LogP contribution in [0.15, 0.2) is 12.1 Å². The summed E-state index contributed by atoms with van der Waals surface area (Å²) in [6.45, 7) is 8.03. The Bertz CT molecular complexity index is 439. The molecule has 19 heavy (non-hydrogen) atoms. The summed E-state index contributed by atoms with van der Waals surface area (Å²) in [5, 5.41) is 13.9. The minimum Gasteiger partial charge on any atom is -0.389 e. The first-order valence-corrected chi connectivity index (χ1v) is 8.23. The number of thioether (sulfide) groups is 1. The summed E-state index contributed by atoms with van der Waals surface area (Å²) in [5.74, 6) is 2.17. The molecule has 0 unspecified atom stereocenters. The van der Waals surface area contributed by atoms with Crippen molar-refractivity contribution in [2.45, 2.75) is 45.8 Å². The van der Waals surface area contributed by atoms with Crippen LogP contribution in [0.4, 0.5) is 0 Å². The molecule has 0 spiro atoms. The average molecular weight is 279 g/mol. The van der Waals surface area contributed by atoms with Gasteiger partial charge in [-0.1, -0.05) is 12.1 Å². The lowest BCUT2D eigenvalue weighted by Gasteiger charge is -2.32. The van der Waals surface area contributed by atoms with Crippen LogP contribution >= 0.6 is 11.8 Å². The molecular weight excluding hydrogens is 254 g/mol. The summed E-state index contributed by atoms with van der Waals surface area (Å²) in [6, 6.07) is 4.51. The standard InChI is InChI=1S/C16H25NOS/c1-12-8-14(3)15(9-13(12)2)10-17-11-16(18)4-6-19-7-5-16/h8-9,17-18H,4-7,10-11H2,1-3H3. The number of rotatable bonds is 4. The van der Waals surface area contributed by atoms with E-state index in [1.54, 1.807) is 0 Å². The monoisotopic (exact) mass is 279 g/mol. The first-order chi connectivity index (χ1) is 9.00. The van der Waals surface area contributed by atoms with Crippen LogP contribution < -0.4 is 5.32 Å². The highest BCUT2D eigenvalue weighted by Crippen LogP contribution is 2.26. The van der Waals surface area contributed by atoms with Gasteiger partial charge in [0.2, 0.25) is 0 Å². The Morgan fingerprint density at radius 3 is 2.42 bits per heavy atom. The van der Waals surface area contributed by atoms with Crippen molar-refractivity contribution >= 4 is 11.8 Å². The Morgan fingerprint density at radius 2 is 1.74 bits per heavy atom. The summed E-state index contributed by atoms with van der Waals surface area (Å²) < 4.78 is 0. The van der Waals surface area contributed by atoms with Gasteiger partial charge in [-0.05, 0) is 67.4 Å². The van der Waals surface area contributed by atoms with Gasteiger partial charge in [0.15, 0.2) is 0 Å². The van der Waals surface area contributed by atoms with Gasteiger partial charge in [0.05, 0.1) is 5.60 Å². The van der Waals surface area contributed by atoms with Gasteiger partial charge in [0.25, 0.3) is 0 Å². The van der Waals surface area contributed by atoms with E-state index in [9.17, 15) is 5.11 Å². The van der Waals surface area contributed by atoms with Crippen molar-refractivity contribution in [3.63, 3.8) is 0 Å². The predicted octanol–water partition coefficient (Wildman–Crippen LogP) is 2.96. The van der Waals surface area contributed by atoms with Crippen LogP contribution in [0.3, 0.4) is 0 Å². The SMILES string of the molecule is Cc1cc(C)c(CNCC2(O)CCSCC2)cc1C. The molecule has 2 nitrogen and oxygen atoms in total. The number of aliphatic hydroxyl groups is 1. The fraction of sp³-hybridized carbons (Fsp3) is 0.625. The number of aryl methyl sites for hydroxylation is 3. The molecule has 1 aromatic rings. The summed E-state index contributed by atoms with van der Waals surface area (Å²) >= 11 is 1.95. The molecule has 0 atom stereocenters. The maximum Gasteiger partial charge on any atom is 0.0787 e. The highest BCUT2D eigenvalue weighted by Gasteiger charge is 2.28. The molecule has 0 bridgehead atoms.